The van der Waals surface area contributed by atoms with Gasteiger partial charge in [-0.3, -0.25) is 4.79 Å². The lowest BCUT2D eigenvalue weighted by Crippen LogP contribution is -2.31. The molecule has 0 N–H and O–H groups in total. The Bertz CT molecular complexity index is 510. The minimum Gasteiger partial charge on any atom is -0.492 e. The van der Waals surface area contributed by atoms with Gasteiger partial charge in [-0.15, -0.1) is 0 Å². The summed E-state index contributed by atoms with van der Waals surface area (Å²) in [5.41, 5.74) is 0.674. The number of para-hydroxylation sites is 1. The van der Waals surface area contributed by atoms with Crippen molar-refractivity contribution in [3.8, 4) is 5.75 Å². The van der Waals surface area contributed by atoms with Gasteiger partial charge in [0.05, 0.1) is 18.4 Å². The van der Waals surface area contributed by atoms with E-state index in [0.717, 1.165) is 11.3 Å². The van der Waals surface area contributed by atoms with E-state index in [1.54, 1.807) is 0 Å². The lowest BCUT2D eigenvalue weighted by Gasteiger charge is -2.29. The number of ether oxygens (including phenoxy) is 2. The van der Waals surface area contributed by atoms with Gasteiger partial charge in [-0.25, -0.2) is 0 Å². The molecular formula is C13H12O3. The van der Waals surface area contributed by atoms with Crippen molar-refractivity contribution in [2.75, 3.05) is 6.61 Å². The smallest absolute Gasteiger partial charge is 0.307 e. The molecule has 1 spiro atoms. The summed E-state index contributed by atoms with van der Waals surface area (Å²) in [7, 11) is 0. The van der Waals surface area contributed by atoms with Crippen molar-refractivity contribution in [1.82, 2.24) is 0 Å². The van der Waals surface area contributed by atoms with Gasteiger partial charge in [0.15, 0.2) is 5.60 Å². The fraction of sp³-hybridized carbons (Fsp3) is 0.462. The van der Waals surface area contributed by atoms with Crippen LogP contribution in [-0.2, 0) is 15.1 Å². The first-order chi connectivity index (χ1) is 7.68. The van der Waals surface area contributed by atoms with Crippen molar-refractivity contribution in [1.29, 1.82) is 0 Å². The van der Waals surface area contributed by atoms with Crippen LogP contribution in [0.25, 0.3) is 0 Å². The minimum atomic E-state index is -0.376. The predicted molar refractivity (Wildman–Crippen MR) is 55.9 cm³/mol. The number of benzene rings is 1. The molecule has 0 aromatic heterocycles. The van der Waals surface area contributed by atoms with E-state index in [2.05, 4.69) is 6.92 Å². The Morgan fingerprint density at radius 2 is 2.19 bits per heavy atom. The second kappa shape index (κ2) is 2.26. The SMILES string of the molecule is C[C@@]12COc3ccccc3[C@@]13OC(=O)C[C@@H]23. The van der Waals surface area contributed by atoms with Crippen LogP contribution in [0.1, 0.15) is 18.9 Å². The zero-order valence-corrected chi connectivity index (χ0v) is 9.03. The zero-order valence-electron chi connectivity index (χ0n) is 9.03. The fourth-order valence-corrected chi connectivity index (χ4v) is 3.57. The second-order valence-electron chi connectivity index (χ2n) is 5.17. The topological polar surface area (TPSA) is 35.5 Å². The summed E-state index contributed by atoms with van der Waals surface area (Å²) in [6.45, 7) is 2.81. The first kappa shape index (κ1) is 8.62. The molecule has 1 saturated carbocycles. The Hall–Kier alpha value is -1.51. The van der Waals surface area contributed by atoms with Crippen LogP contribution in [-0.4, -0.2) is 12.6 Å². The van der Waals surface area contributed by atoms with Crippen LogP contribution in [0, 0.1) is 11.3 Å². The van der Waals surface area contributed by atoms with Gasteiger partial charge >= 0.3 is 5.97 Å². The molecule has 1 saturated heterocycles. The monoisotopic (exact) mass is 216 g/mol. The van der Waals surface area contributed by atoms with Crippen molar-refractivity contribution in [3.63, 3.8) is 0 Å². The molecule has 1 aliphatic carbocycles. The highest BCUT2D eigenvalue weighted by Crippen LogP contribution is 2.77. The largest absolute Gasteiger partial charge is 0.492 e. The van der Waals surface area contributed by atoms with Crippen LogP contribution >= 0.6 is 0 Å². The number of fused-ring (bicyclic) bond motifs is 2. The maximum absolute atomic E-state index is 11.4. The summed E-state index contributed by atoms with van der Waals surface area (Å²) in [5.74, 6) is 1.10. The Balaban J connectivity index is 1.95. The molecule has 1 aromatic carbocycles. The normalized spacial score (nSPS) is 42.6. The molecule has 2 heterocycles. The molecule has 16 heavy (non-hydrogen) atoms. The highest BCUT2D eigenvalue weighted by atomic mass is 16.6. The van der Waals surface area contributed by atoms with Crippen LogP contribution in [0.2, 0.25) is 0 Å². The fourth-order valence-electron chi connectivity index (χ4n) is 3.57. The molecule has 82 valence electrons. The summed E-state index contributed by atoms with van der Waals surface area (Å²) in [4.78, 5) is 11.4. The van der Waals surface area contributed by atoms with E-state index in [0.29, 0.717) is 18.9 Å². The predicted octanol–water partition coefficient (Wildman–Crippen LogP) is 1.86. The molecule has 3 aliphatic rings. The number of esters is 1. The lowest BCUT2D eigenvalue weighted by molar-refractivity contribution is -0.151. The van der Waals surface area contributed by atoms with E-state index in [1.165, 1.54) is 0 Å². The molecule has 3 heteroatoms. The van der Waals surface area contributed by atoms with E-state index in [4.69, 9.17) is 9.47 Å². The van der Waals surface area contributed by atoms with Crippen LogP contribution in [0.3, 0.4) is 0 Å². The van der Waals surface area contributed by atoms with E-state index in [9.17, 15) is 4.79 Å². The van der Waals surface area contributed by atoms with E-state index >= 15 is 0 Å². The molecule has 0 radical (unpaired) electrons. The Labute approximate surface area is 93.4 Å². The van der Waals surface area contributed by atoms with Gasteiger partial charge in [0.25, 0.3) is 0 Å². The molecule has 0 amide bonds. The van der Waals surface area contributed by atoms with Gasteiger partial charge in [-0.05, 0) is 6.07 Å². The van der Waals surface area contributed by atoms with Gasteiger partial charge < -0.3 is 9.47 Å². The summed E-state index contributed by atoms with van der Waals surface area (Å²) in [6.07, 6.45) is 0.536. The van der Waals surface area contributed by atoms with Crippen LogP contribution < -0.4 is 4.74 Å². The van der Waals surface area contributed by atoms with E-state index < -0.39 is 0 Å². The third-order valence-electron chi connectivity index (χ3n) is 4.49. The van der Waals surface area contributed by atoms with Crippen molar-refractivity contribution in [2.45, 2.75) is 18.9 Å². The number of carbonyl (C=O) groups excluding carboxylic acids is 1. The van der Waals surface area contributed by atoms with Gasteiger partial charge in [0, 0.05) is 11.5 Å². The zero-order chi connectivity index (χ0) is 11.0. The molecule has 3 nitrogen and oxygen atoms in total. The number of hydrogen-bond donors (Lipinski definition) is 0. The van der Waals surface area contributed by atoms with Crippen molar-refractivity contribution in [3.05, 3.63) is 29.8 Å². The maximum atomic E-state index is 11.4. The molecule has 0 bridgehead atoms. The Morgan fingerprint density at radius 3 is 3.06 bits per heavy atom. The van der Waals surface area contributed by atoms with Crippen LogP contribution in [0.15, 0.2) is 24.3 Å². The van der Waals surface area contributed by atoms with Crippen molar-refractivity contribution in [2.24, 2.45) is 11.3 Å². The van der Waals surface area contributed by atoms with E-state index in [1.807, 2.05) is 24.3 Å². The third kappa shape index (κ3) is 0.673. The lowest BCUT2D eigenvalue weighted by atomic mass is 9.94. The molecule has 3 atom stereocenters. The number of rotatable bonds is 0. The average molecular weight is 216 g/mol. The molecule has 4 rings (SSSR count). The summed E-state index contributed by atoms with van der Waals surface area (Å²) < 4.78 is 11.4. The molecule has 2 aliphatic heterocycles. The van der Waals surface area contributed by atoms with Gasteiger partial charge in [-0.1, -0.05) is 25.1 Å². The number of carbonyl (C=O) groups is 1. The Kier molecular flexibility index (Phi) is 1.22. The second-order valence-corrected chi connectivity index (χ2v) is 5.17. The molecular weight excluding hydrogens is 204 g/mol. The summed E-state index contributed by atoms with van der Waals surface area (Å²) >= 11 is 0. The minimum absolute atomic E-state index is 0.00470. The third-order valence-corrected chi connectivity index (χ3v) is 4.49. The molecule has 1 aromatic rings. The van der Waals surface area contributed by atoms with Gasteiger partial charge in [0.1, 0.15) is 5.75 Å². The quantitative estimate of drug-likeness (QED) is 0.621. The van der Waals surface area contributed by atoms with E-state index in [-0.39, 0.29) is 17.0 Å². The van der Waals surface area contributed by atoms with Crippen LogP contribution in [0.4, 0.5) is 0 Å². The van der Waals surface area contributed by atoms with Crippen molar-refractivity contribution >= 4 is 5.97 Å². The molecule has 0 unspecified atom stereocenters. The van der Waals surface area contributed by atoms with Crippen molar-refractivity contribution < 1.29 is 14.3 Å². The standard InChI is InChI=1S/C13H12O3/c1-12-7-15-9-5-3-2-4-8(9)13(12)10(12)6-11(14)16-13/h2-5,10H,6-7H2,1H3/t10-,12-,13-/m0/s1. The van der Waals surface area contributed by atoms with Gasteiger partial charge in [-0.2, -0.15) is 0 Å². The summed E-state index contributed by atoms with van der Waals surface area (Å²) in [5, 5.41) is 0. The first-order valence-electron chi connectivity index (χ1n) is 5.63. The summed E-state index contributed by atoms with van der Waals surface area (Å²) in [6, 6.07) is 7.90. The average Bonchev–Trinajstić information content (AvgIpc) is 2.63. The Morgan fingerprint density at radius 1 is 1.38 bits per heavy atom. The molecule has 2 fully saturated rings. The number of hydrogen-bond acceptors (Lipinski definition) is 3. The van der Waals surface area contributed by atoms with Crippen LogP contribution in [0.5, 0.6) is 5.75 Å². The first-order valence-corrected chi connectivity index (χ1v) is 5.63. The highest BCUT2D eigenvalue weighted by molar-refractivity contribution is 5.77. The van der Waals surface area contributed by atoms with Gasteiger partial charge in [0.2, 0.25) is 0 Å². The maximum Gasteiger partial charge on any atom is 0.307 e. The highest BCUT2D eigenvalue weighted by Gasteiger charge is 2.83.